The molecule has 64 valence electrons. The quantitative estimate of drug-likeness (QED) is 0.748. The molecule has 0 atom stereocenters. The van der Waals surface area contributed by atoms with Gasteiger partial charge < -0.3 is 5.32 Å². The maximum absolute atomic E-state index is 10.6. The van der Waals surface area contributed by atoms with Gasteiger partial charge in [0, 0.05) is 12.6 Å². The summed E-state index contributed by atoms with van der Waals surface area (Å²) in [7, 11) is 0. The molecular weight excluding hydrogens is 197 g/mol. The van der Waals surface area contributed by atoms with Crippen molar-refractivity contribution in [1.82, 2.24) is 0 Å². The Morgan fingerprint density at radius 1 is 1.33 bits per heavy atom. The van der Waals surface area contributed by atoms with Crippen molar-refractivity contribution in [1.29, 1.82) is 0 Å². The predicted molar refractivity (Wildman–Crippen MR) is 50.8 cm³/mol. The number of carbonyl (C=O) groups is 1. The zero-order valence-electron chi connectivity index (χ0n) is 6.40. The first-order chi connectivity index (χ1) is 5.59. The van der Waals surface area contributed by atoms with Gasteiger partial charge in [0.2, 0.25) is 5.91 Å². The highest BCUT2D eigenvalue weighted by Crippen LogP contribution is 2.24. The van der Waals surface area contributed by atoms with Crippen LogP contribution in [0.25, 0.3) is 0 Å². The molecule has 0 saturated carbocycles. The molecule has 1 aromatic rings. The van der Waals surface area contributed by atoms with E-state index in [2.05, 4.69) is 5.32 Å². The van der Waals surface area contributed by atoms with Gasteiger partial charge in [-0.25, -0.2) is 0 Å². The third-order valence-corrected chi connectivity index (χ3v) is 1.98. The zero-order chi connectivity index (χ0) is 9.14. The van der Waals surface area contributed by atoms with Crippen LogP contribution in [0, 0.1) is 0 Å². The van der Waals surface area contributed by atoms with Crippen LogP contribution in [0.15, 0.2) is 18.2 Å². The smallest absolute Gasteiger partial charge is 0.221 e. The minimum atomic E-state index is -0.131. The maximum Gasteiger partial charge on any atom is 0.221 e. The van der Waals surface area contributed by atoms with Crippen LogP contribution in [0.3, 0.4) is 0 Å². The van der Waals surface area contributed by atoms with Gasteiger partial charge in [0.1, 0.15) is 0 Å². The maximum atomic E-state index is 10.6. The van der Waals surface area contributed by atoms with Gasteiger partial charge >= 0.3 is 0 Å². The molecule has 0 radical (unpaired) electrons. The van der Waals surface area contributed by atoms with Gasteiger partial charge in [-0.2, -0.15) is 0 Å². The first-order valence-electron chi connectivity index (χ1n) is 3.32. The van der Waals surface area contributed by atoms with E-state index in [4.69, 9.17) is 23.2 Å². The molecule has 0 aromatic heterocycles. The highest BCUT2D eigenvalue weighted by molar-refractivity contribution is 6.42. The summed E-state index contributed by atoms with van der Waals surface area (Å²) in [4.78, 5) is 10.6. The second-order valence-corrected chi connectivity index (χ2v) is 3.12. The first kappa shape index (κ1) is 9.36. The van der Waals surface area contributed by atoms with Crippen LogP contribution < -0.4 is 5.32 Å². The summed E-state index contributed by atoms with van der Waals surface area (Å²) >= 11 is 11.4. The fourth-order valence-corrected chi connectivity index (χ4v) is 1.08. The van der Waals surface area contributed by atoms with Gasteiger partial charge in [-0.15, -0.1) is 0 Å². The Kier molecular flexibility index (Phi) is 2.95. The number of nitrogens with one attached hydrogen (secondary N) is 1. The largest absolute Gasteiger partial charge is 0.326 e. The lowest BCUT2D eigenvalue weighted by atomic mass is 10.3. The van der Waals surface area contributed by atoms with Gasteiger partial charge in [-0.05, 0) is 18.2 Å². The van der Waals surface area contributed by atoms with Crippen LogP contribution in [0.2, 0.25) is 10.0 Å². The number of hydrogen-bond donors (Lipinski definition) is 1. The highest BCUT2D eigenvalue weighted by Gasteiger charge is 1.99. The third kappa shape index (κ3) is 2.40. The molecule has 4 heteroatoms. The monoisotopic (exact) mass is 203 g/mol. The molecule has 0 heterocycles. The van der Waals surface area contributed by atoms with Gasteiger partial charge in [0.15, 0.2) is 0 Å². The number of halogens is 2. The van der Waals surface area contributed by atoms with Crippen LogP contribution in [0.4, 0.5) is 5.69 Å². The topological polar surface area (TPSA) is 29.1 Å². The Labute approximate surface area is 80.5 Å². The fraction of sp³-hybridized carbons (Fsp3) is 0.125. The first-order valence-corrected chi connectivity index (χ1v) is 4.08. The summed E-state index contributed by atoms with van der Waals surface area (Å²) in [5.41, 5.74) is 0.650. The third-order valence-electron chi connectivity index (χ3n) is 1.24. The molecule has 0 saturated heterocycles. The molecule has 0 fully saturated rings. The van der Waals surface area contributed by atoms with E-state index in [9.17, 15) is 4.79 Å². The van der Waals surface area contributed by atoms with Crippen molar-refractivity contribution in [2.45, 2.75) is 6.92 Å². The van der Waals surface area contributed by atoms with Crippen LogP contribution in [-0.4, -0.2) is 5.91 Å². The Morgan fingerprint density at radius 3 is 2.50 bits per heavy atom. The Bertz CT molecular complexity index is 312. The lowest BCUT2D eigenvalue weighted by Crippen LogP contribution is -2.05. The van der Waals surface area contributed by atoms with E-state index < -0.39 is 0 Å². The molecule has 2 nitrogen and oxygen atoms in total. The number of carbonyl (C=O) groups excluding carboxylic acids is 1. The average Bonchev–Trinajstić information content (AvgIpc) is 1.96. The van der Waals surface area contributed by atoms with Crippen molar-refractivity contribution in [3.63, 3.8) is 0 Å². The van der Waals surface area contributed by atoms with Crippen molar-refractivity contribution in [3.8, 4) is 0 Å². The Balaban J connectivity index is 2.89. The predicted octanol–water partition coefficient (Wildman–Crippen LogP) is 2.95. The van der Waals surface area contributed by atoms with E-state index in [1.807, 2.05) is 0 Å². The minimum absolute atomic E-state index is 0.131. The number of rotatable bonds is 1. The Hall–Kier alpha value is -0.730. The average molecular weight is 204 g/mol. The van der Waals surface area contributed by atoms with Crippen molar-refractivity contribution in [2.24, 2.45) is 0 Å². The zero-order valence-corrected chi connectivity index (χ0v) is 7.91. The summed E-state index contributed by atoms with van der Waals surface area (Å²) in [6, 6.07) is 4.93. The molecule has 1 aromatic carbocycles. The molecule has 0 aliphatic rings. The van der Waals surface area contributed by atoms with Gasteiger partial charge in [0.05, 0.1) is 10.0 Å². The van der Waals surface area contributed by atoms with Crippen molar-refractivity contribution < 1.29 is 4.79 Å². The second kappa shape index (κ2) is 3.78. The lowest BCUT2D eigenvalue weighted by molar-refractivity contribution is -0.114. The lowest BCUT2D eigenvalue weighted by Gasteiger charge is -2.02. The summed E-state index contributed by atoms with van der Waals surface area (Å²) in [5.74, 6) is -0.131. The van der Waals surface area contributed by atoms with E-state index in [0.717, 1.165) is 0 Å². The second-order valence-electron chi connectivity index (χ2n) is 2.31. The molecule has 1 amide bonds. The molecule has 0 bridgehead atoms. The van der Waals surface area contributed by atoms with E-state index in [1.54, 1.807) is 18.2 Å². The van der Waals surface area contributed by atoms with E-state index in [-0.39, 0.29) is 5.91 Å². The molecule has 12 heavy (non-hydrogen) atoms. The molecule has 1 N–H and O–H groups in total. The molecular formula is C8H7Cl2NO. The van der Waals surface area contributed by atoms with E-state index in [1.165, 1.54) is 6.92 Å². The highest BCUT2D eigenvalue weighted by atomic mass is 35.5. The number of benzene rings is 1. The van der Waals surface area contributed by atoms with E-state index >= 15 is 0 Å². The Morgan fingerprint density at radius 2 is 2.00 bits per heavy atom. The standard InChI is InChI=1S/C8H7Cl2NO/c1-5(12)11-6-2-3-7(9)8(10)4-6/h2-4H,1H3,(H,11,12). The molecule has 0 aliphatic carbocycles. The molecule has 1 rings (SSSR count). The summed E-state index contributed by atoms with van der Waals surface area (Å²) in [6.45, 7) is 1.43. The van der Waals surface area contributed by atoms with Gasteiger partial charge in [-0.3, -0.25) is 4.79 Å². The number of amides is 1. The van der Waals surface area contributed by atoms with Crippen molar-refractivity contribution in [2.75, 3.05) is 5.32 Å². The summed E-state index contributed by atoms with van der Waals surface area (Å²) in [5, 5.41) is 3.50. The van der Waals surface area contributed by atoms with Gasteiger partial charge in [0.25, 0.3) is 0 Å². The molecule has 0 aliphatic heterocycles. The van der Waals surface area contributed by atoms with Gasteiger partial charge in [-0.1, -0.05) is 23.2 Å². The normalized spacial score (nSPS) is 9.58. The van der Waals surface area contributed by atoms with Crippen molar-refractivity contribution >= 4 is 34.8 Å². The molecule has 0 unspecified atom stereocenters. The minimum Gasteiger partial charge on any atom is -0.326 e. The van der Waals surface area contributed by atoms with Crippen molar-refractivity contribution in [3.05, 3.63) is 28.2 Å². The summed E-state index contributed by atoms with van der Waals surface area (Å²) < 4.78 is 0. The SMILES string of the molecule is CC(=O)Nc1ccc(Cl)c(Cl)c1. The number of anilines is 1. The van der Waals surface area contributed by atoms with Crippen LogP contribution >= 0.6 is 23.2 Å². The summed E-state index contributed by atoms with van der Waals surface area (Å²) in [6.07, 6.45) is 0. The van der Waals surface area contributed by atoms with Crippen LogP contribution in [0.1, 0.15) is 6.92 Å². The molecule has 0 spiro atoms. The van der Waals surface area contributed by atoms with Crippen LogP contribution in [0.5, 0.6) is 0 Å². The van der Waals surface area contributed by atoms with Crippen LogP contribution in [-0.2, 0) is 4.79 Å². The fourth-order valence-electron chi connectivity index (χ4n) is 0.777. The number of hydrogen-bond acceptors (Lipinski definition) is 1. The van der Waals surface area contributed by atoms with E-state index in [0.29, 0.717) is 15.7 Å².